The SMILES string of the molecule is CCOC(=O)C(C)NCCNC(=O)OCc1ccccc1. The molecule has 21 heavy (non-hydrogen) atoms. The molecule has 0 fully saturated rings. The summed E-state index contributed by atoms with van der Waals surface area (Å²) in [7, 11) is 0. The van der Waals surface area contributed by atoms with E-state index in [-0.39, 0.29) is 12.6 Å². The van der Waals surface area contributed by atoms with E-state index in [2.05, 4.69) is 10.6 Å². The largest absolute Gasteiger partial charge is 0.465 e. The topological polar surface area (TPSA) is 76.7 Å². The number of rotatable bonds is 8. The Morgan fingerprint density at radius 3 is 2.52 bits per heavy atom. The normalized spacial score (nSPS) is 11.5. The number of alkyl carbamates (subject to hydrolysis) is 1. The molecule has 2 N–H and O–H groups in total. The van der Waals surface area contributed by atoms with Gasteiger partial charge in [0.15, 0.2) is 0 Å². The van der Waals surface area contributed by atoms with Crippen LogP contribution in [0.25, 0.3) is 0 Å². The highest BCUT2D eigenvalue weighted by atomic mass is 16.5. The minimum absolute atomic E-state index is 0.235. The molecule has 1 amide bonds. The summed E-state index contributed by atoms with van der Waals surface area (Å²) in [6.45, 7) is 4.90. The quantitative estimate of drug-likeness (QED) is 0.560. The summed E-state index contributed by atoms with van der Waals surface area (Å²) >= 11 is 0. The fraction of sp³-hybridized carbons (Fsp3) is 0.467. The summed E-state index contributed by atoms with van der Waals surface area (Å²) in [6, 6.07) is 9.05. The van der Waals surface area contributed by atoms with Crippen molar-refractivity contribution < 1.29 is 19.1 Å². The van der Waals surface area contributed by atoms with Crippen molar-refractivity contribution in [1.82, 2.24) is 10.6 Å². The molecule has 6 heteroatoms. The van der Waals surface area contributed by atoms with Gasteiger partial charge in [0.2, 0.25) is 0 Å². The number of carbonyl (C=O) groups is 2. The fourth-order valence-electron chi connectivity index (χ4n) is 1.58. The van der Waals surface area contributed by atoms with Crippen LogP contribution in [0.15, 0.2) is 30.3 Å². The predicted molar refractivity (Wildman–Crippen MR) is 78.7 cm³/mol. The fourth-order valence-corrected chi connectivity index (χ4v) is 1.58. The maximum Gasteiger partial charge on any atom is 0.407 e. The van der Waals surface area contributed by atoms with Crippen LogP contribution in [0.1, 0.15) is 19.4 Å². The highest BCUT2D eigenvalue weighted by Crippen LogP contribution is 2.00. The monoisotopic (exact) mass is 294 g/mol. The first-order valence-electron chi connectivity index (χ1n) is 6.98. The third kappa shape index (κ3) is 7.31. The van der Waals surface area contributed by atoms with Gasteiger partial charge < -0.3 is 20.1 Å². The molecule has 1 unspecified atom stereocenters. The van der Waals surface area contributed by atoms with Gasteiger partial charge in [-0.05, 0) is 19.4 Å². The molecule has 1 aromatic rings. The van der Waals surface area contributed by atoms with Crippen LogP contribution in [-0.2, 0) is 20.9 Å². The number of ether oxygens (including phenoxy) is 2. The Hall–Kier alpha value is -2.08. The Bertz CT molecular complexity index is 437. The van der Waals surface area contributed by atoms with Crippen molar-refractivity contribution >= 4 is 12.1 Å². The third-order valence-electron chi connectivity index (χ3n) is 2.70. The van der Waals surface area contributed by atoms with Gasteiger partial charge in [0, 0.05) is 13.1 Å². The first kappa shape index (κ1) is 17.0. The zero-order valence-electron chi connectivity index (χ0n) is 12.4. The first-order chi connectivity index (χ1) is 10.1. The molecule has 6 nitrogen and oxygen atoms in total. The highest BCUT2D eigenvalue weighted by Gasteiger charge is 2.12. The summed E-state index contributed by atoms with van der Waals surface area (Å²) in [5, 5.41) is 5.55. The van der Waals surface area contributed by atoms with Crippen molar-refractivity contribution in [2.45, 2.75) is 26.5 Å². The van der Waals surface area contributed by atoms with Gasteiger partial charge >= 0.3 is 12.1 Å². The first-order valence-corrected chi connectivity index (χ1v) is 6.98. The van der Waals surface area contributed by atoms with Gasteiger partial charge in [0.1, 0.15) is 12.6 Å². The van der Waals surface area contributed by atoms with E-state index < -0.39 is 12.1 Å². The molecular formula is C15H22N2O4. The summed E-state index contributed by atoms with van der Waals surface area (Å²) in [6.07, 6.45) is -0.482. The van der Waals surface area contributed by atoms with E-state index >= 15 is 0 Å². The van der Waals surface area contributed by atoms with Crippen LogP contribution >= 0.6 is 0 Å². The van der Waals surface area contributed by atoms with Gasteiger partial charge in [0.05, 0.1) is 6.61 Å². The van der Waals surface area contributed by atoms with Gasteiger partial charge in [-0.3, -0.25) is 4.79 Å². The van der Waals surface area contributed by atoms with Crippen LogP contribution in [0.4, 0.5) is 4.79 Å². The Morgan fingerprint density at radius 2 is 1.86 bits per heavy atom. The number of amides is 1. The Kier molecular flexibility index (Phi) is 7.89. The Morgan fingerprint density at radius 1 is 1.14 bits per heavy atom. The van der Waals surface area contributed by atoms with E-state index in [1.807, 2.05) is 30.3 Å². The second kappa shape index (κ2) is 9.77. The molecular weight excluding hydrogens is 272 g/mol. The smallest absolute Gasteiger partial charge is 0.407 e. The number of carbonyl (C=O) groups excluding carboxylic acids is 2. The molecule has 0 aromatic heterocycles. The minimum Gasteiger partial charge on any atom is -0.465 e. The second-order valence-corrected chi connectivity index (χ2v) is 4.42. The molecule has 1 atom stereocenters. The second-order valence-electron chi connectivity index (χ2n) is 4.42. The van der Waals surface area contributed by atoms with Crippen molar-refractivity contribution in [2.75, 3.05) is 19.7 Å². The highest BCUT2D eigenvalue weighted by molar-refractivity contribution is 5.75. The van der Waals surface area contributed by atoms with E-state index in [4.69, 9.17) is 9.47 Å². The Labute approximate surface area is 124 Å². The average molecular weight is 294 g/mol. The average Bonchev–Trinajstić information content (AvgIpc) is 2.50. The van der Waals surface area contributed by atoms with Gasteiger partial charge in [-0.1, -0.05) is 30.3 Å². The van der Waals surface area contributed by atoms with Crippen molar-refractivity contribution in [1.29, 1.82) is 0 Å². The maximum atomic E-state index is 11.4. The zero-order chi connectivity index (χ0) is 15.5. The lowest BCUT2D eigenvalue weighted by atomic mass is 10.2. The number of benzene rings is 1. The number of esters is 1. The number of hydrogen-bond acceptors (Lipinski definition) is 5. The molecule has 0 aliphatic heterocycles. The van der Waals surface area contributed by atoms with Crippen LogP contribution < -0.4 is 10.6 Å². The lowest BCUT2D eigenvalue weighted by Crippen LogP contribution is -2.40. The van der Waals surface area contributed by atoms with Crippen LogP contribution in [0.2, 0.25) is 0 Å². The molecule has 0 aliphatic carbocycles. The maximum absolute atomic E-state index is 11.4. The molecule has 0 heterocycles. The van der Waals surface area contributed by atoms with Crippen molar-refractivity contribution in [3.05, 3.63) is 35.9 Å². The molecule has 0 radical (unpaired) electrons. The molecule has 0 aliphatic rings. The third-order valence-corrected chi connectivity index (χ3v) is 2.70. The molecule has 0 bridgehead atoms. The molecule has 1 aromatic carbocycles. The van der Waals surface area contributed by atoms with Gasteiger partial charge in [-0.2, -0.15) is 0 Å². The van der Waals surface area contributed by atoms with Crippen molar-refractivity contribution in [3.8, 4) is 0 Å². The van der Waals surface area contributed by atoms with Crippen LogP contribution in [0.3, 0.4) is 0 Å². The van der Waals surface area contributed by atoms with Gasteiger partial charge in [0.25, 0.3) is 0 Å². The van der Waals surface area contributed by atoms with E-state index in [0.717, 1.165) is 5.56 Å². The summed E-state index contributed by atoms with van der Waals surface area (Å²) in [4.78, 5) is 22.8. The van der Waals surface area contributed by atoms with E-state index in [0.29, 0.717) is 19.7 Å². The molecule has 0 saturated carbocycles. The van der Waals surface area contributed by atoms with E-state index in [9.17, 15) is 9.59 Å². The minimum atomic E-state index is -0.482. The number of nitrogens with one attached hydrogen (secondary N) is 2. The summed E-state index contributed by atoms with van der Waals surface area (Å²) in [5.41, 5.74) is 0.932. The lowest BCUT2D eigenvalue weighted by Gasteiger charge is -2.12. The van der Waals surface area contributed by atoms with E-state index in [1.165, 1.54) is 0 Å². The molecule has 1 rings (SSSR count). The summed E-state index contributed by atoms with van der Waals surface area (Å²) in [5.74, 6) is -0.302. The van der Waals surface area contributed by atoms with Crippen LogP contribution in [0, 0.1) is 0 Å². The van der Waals surface area contributed by atoms with Gasteiger partial charge in [-0.25, -0.2) is 4.79 Å². The van der Waals surface area contributed by atoms with E-state index in [1.54, 1.807) is 13.8 Å². The lowest BCUT2D eigenvalue weighted by molar-refractivity contribution is -0.145. The Balaban J connectivity index is 2.09. The zero-order valence-corrected chi connectivity index (χ0v) is 12.4. The van der Waals surface area contributed by atoms with Crippen molar-refractivity contribution in [3.63, 3.8) is 0 Å². The number of hydrogen-bond donors (Lipinski definition) is 2. The predicted octanol–water partition coefficient (Wildman–Crippen LogP) is 1.45. The molecule has 0 spiro atoms. The van der Waals surface area contributed by atoms with Crippen molar-refractivity contribution in [2.24, 2.45) is 0 Å². The van der Waals surface area contributed by atoms with Crippen LogP contribution in [-0.4, -0.2) is 37.8 Å². The molecule has 116 valence electrons. The van der Waals surface area contributed by atoms with Gasteiger partial charge in [-0.15, -0.1) is 0 Å². The van der Waals surface area contributed by atoms with Crippen LogP contribution in [0.5, 0.6) is 0 Å². The molecule has 0 saturated heterocycles. The summed E-state index contributed by atoms with van der Waals surface area (Å²) < 4.78 is 9.91. The standard InChI is InChI=1S/C15H22N2O4/c1-3-20-14(18)12(2)16-9-10-17-15(19)21-11-13-7-5-4-6-8-13/h4-8,12,16H,3,9-11H2,1-2H3,(H,17,19).